The second-order valence-electron chi connectivity index (χ2n) is 10.0. The predicted molar refractivity (Wildman–Crippen MR) is 134 cm³/mol. The van der Waals surface area contributed by atoms with Crippen LogP contribution < -0.4 is 15.4 Å². The van der Waals surface area contributed by atoms with Crippen LogP contribution in [0, 0.1) is 11.8 Å². The molecular weight excluding hydrogens is 525 g/mol. The van der Waals surface area contributed by atoms with Gasteiger partial charge in [0.25, 0.3) is 5.56 Å². The Morgan fingerprint density at radius 1 is 1.05 bits per heavy atom. The van der Waals surface area contributed by atoms with Gasteiger partial charge in [-0.25, -0.2) is 10.1 Å². The van der Waals surface area contributed by atoms with Gasteiger partial charge in [0.05, 0.1) is 16.9 Å². The number of carbonyl (C=O) groups excluding carboxylic acids is 2. The standard InChI is InChI=1S/C25H28ClF3N6O3/c26-16-4-6-20(30-13-16)33-8-10-34(11-9-33)21(36)12-15-3-5-17(23(15)37)18-2-1-7-35(18)19-14-31-32-24(38)22(19)25(27,28)29/h4,6,13-15,17-18H,1-3,5,7-12H2,(H,32,38)/t15-,17-,18-/m0/s1. The van der Waals surface area contributed by atoms with Crippen LogP contribution in [0.3, 0.4) is 0 Å². The van der Waals surface area contributed by atoms with Gasteiger partial charge in [0.2, 0.25) is 5.91 Å². The molecule has 3 aliphatic rings. The zero-order valence-electron chi connectivity index (χ0n) is 20.6. The van der Waals surface area contributed by atoms with Crippen molar-refractivity contribution < 1.29 is 22.8 Å². The number of Topliss-reactive ketones (excluding diaryl/α,β-unsaturated/α-hetero) is 1. The van der Waals surface area contributed by atoms with Gasteiger partial charge in [-0.05, 0) is 37.8 Å². The number of pyridine rings is 1. The van der Waals surface area contributed by atoms with E-state index in [0.717, 1.165) is 12.0 Å². The molecular formula is C25H28ClF3N6O3. The smallest absolute Gasteiger partial charge is 0.366 e. The summed E-state index contributed by atoms with van der Waals surface area (Å²) >= 11 is 5.90. The molecule has 2 saturated heterocycles. The van der Waals surface area contributed by atoms with Gasteiger partial charge in [-0.3, -0.25) is 14.4 Å². The van der Waals surface area contributed by atoms with Crippen molar-refractivity contribution in [2.45, 2.75) is 44.3 Å². The Bertz CT molecular complexity index is 1250. The number of carbonyl (C=O) groups is 2. The van der Waals surface area contributed by atoms with Crippen LogP contribution in [0.5, 0.6) is 0 Å². The van der Waals surface area contributed by atoms with E-state index in [1.165, 1.54) is 4.90 Å². The molecule has 1 aliphatic carbocycles. The minimum Gasteiger partial charge on any atom is -0.366 e. The molecule has 0 spiro atoms. The van der Waals surface area contributed by atoms with Gasteiger partial charge >= 0.3 is 6.18 Å². The van der Waals surface area contributed by atoms with E-state index in [-0.39, 0.29) is 23.8 Å². The zero-order chi connectivity index (χ0) is 27.0. The SMILES string of the molecule is O=C1[C@H](CC(=O)N2CCN(c3ccc(Cl)cn3)CC2)CC[C@H]1[C@@H]1CCCN1c1cn[nH]c(=O)c1C(F)(F)F. The number of halogens is 4. The van der Waals surface area contributed by atoms with Crippen molar-refractivity contribution in [3.8, 4) is 0 Å². The average molecular weight is 553 g/mol. The summed E-state index contributed by atoms with van der Waals surface area (Å²) in [6.45, 7) is 2.56. The fourth-order valence-corrected chi connectivity index (χ4v) is 6.13. The lowest BCUT2D eigenvalue weighted by atomic mass is 9.91. The molecule has 1 amide bonds. The quantitative estimate of drug-likeness (QED) is 0.608. The molecule has 9 nitrogen and oxygen atoms in total. The summed E-state index contributed by atoms with van der Waals surface area (Å²) in [6, 6.07) is 3.15. The van der Waals surface area contributed by atoms with Gasteiger partial charge in [0.15, 0.2) is 0 Å². The maximum Gasteiger partial charge on any atom is 0.423 e. The Kier molecular flexibility index (Phi) is 7.34. The second kappa shape index (κ2) is 10.5. The summed E-state index contributed by atoms with van der Waals surface area (Å²) in [5.41, 5.74) is -2.87. The highest BCUT2D eigenvalue weighted by molar-refractivity contribution is 6.30. The molecule has 3 fully saturated rings. The summed E-state index contributed by atoms with van der Waals surface area (Å²) in [6.07, 6.45) is 0.0278. The van der Waals surface area contributed by atoms with Crippen molar-refractivity contribution in [2.75, 3.05) is 42.5 Å². The predicted octanol–water partition coefficient (Wildman–Crippen LogP) is 3.14. The molecule has 0 unspecified atom stereocenters. The van der Waals surface area contributed by atoms with Crippen LogP contribution in [-0.2, 0) is 15.8 Å². The average Bonchev–Trinajstić information content (AvgIpc) is 3.50. The van der Waals surface area contributed by atoms with E-state index >= 15 is 0 Å². The number of piperazine rings is 1. The lowest BCUT2D eigenvalue weighted by Gasteiger charge is -2.36. The number of alkyl halides is 3. The lowest BCUT2D eigenvalue weighted by molar-refractivity contribution is -0.138. The Morgan fingerprint density at radius 3 is 2.50 bits per heavy atom. The molecule has 2 aromatic heterocycles. The maximum absolute atomic E-state index is 13.7. The molecule has 1 saturated carbocycles. The van der Waals surface area contributed by atoms with Gasteiger partial charge in [-0.15, -0.1) is 0 Å². The fraction of sp³-hybridized carbons (Fsp3) is 0.560. The number of nitrogens with one attached hydrogen (secondary N) is 1. The van der Waals surface area contributed by atoms with Gasteiger partial charge in [0.1, 0.15) is 17.2 Å². The minimum atomic E-state index is -4.85. The van der Waals surface area contributed by atoms with Crippen LogP contribution in [0.4, 0.5) is 24.7 Å². The van der Waals surface area contributed by atoms with E-state index < -0.39 is 35.2 Å². The van der Waals surface area contributed by atoms with Crippen LogP contribution in [-0.4, -0.2) is 70.5 Å². The van der Waals surface area contributed by atoms with E-state index in [9.17, 15) is 27.6 Å². The van der Waals surface area contributed by atoms with E-state index in [0.29, 0.717) is 63.4 Å². The number of amides is 1. The normalized spacial score (nSPS) is 24.4. The third kappa shape index (κ3) is 5.23. The molecule has 0 bridgehead atoms. The lowest BCUT2D eigenvalue weighted by Crippen LogP contribution is -2.49. The first kappa shape index (κ1) is 26.5. The number of aromatic amines is 1. The topological polar surface area (TPSA) is 102 Å². The molecule has 2 aliphatic heterocycles. The number of H-pyrrole nitrogens is 1. The Labute approximate surface area is 222 Å². The van der Waals surface area contributed by atoms with Gasteiger partial charge in [0, 0.05) is 63.2 Å². The first-order valence-electron chi connectivity index (χ1n) is 12.7. The molecule has 0 radical (unpaired) electrons. The van der Waals surface area contributed by atoms with Crippen molar-refractivity contribution >= 4 is 34.8 Å². The van der Waals surface area contributed by atoms with E-state index in [2.05, 4.69) is 15.0 Å². The highest BCUT2D eigenvalue weighted by atomic mass is 35.5. The number of rotatable bonds is 5. The molecule has 3 atom stereocenters. The fourth-order valence-electron chi connectivity index (χ4n) is 6.02. The van der Waals surface area contributed by atoms with Crippen LogP contribution in [0.25, 0.3) is 0 Å². The summed E-state index contributed by atoms with van der Waals surface area (Å²) in [5.74, 6) is -0.311. The summed E-state index contributed by atoms with van der Waals surface area (Å²) in [7, 11) is 0. The van der Waals surface area contributed by atoms with Crippen molar-refractivity contribution in [1.29, 1.82) is 0 Å². The zero-order valence-corrected chi connectivity index (χ0v) is 21.3. The van der Waals surface area contributed by atoms with E-state index in [1.54, 1.807) is 17.2 Å². The number of ketones is 1. The number of hydrogen-bond acceptors (Lipinski definition) is 7. The van der Waals surface area contributed by atoms with Crippen LogP contribution in [0.15, 0.2) is 29.3 Å². The van der Waals surface area contributed by atoms with Gasteiger partial charge in [-0.2, -0.15) is 18.3 Å². The maximum atomic E-state index is 13.7. The Hall–Kier alpha value is -3.15. The number of hydrogen-bond donors (Lipinski definition) is 1. The third-order valence-corrected chi connectivity index (χ3v) is 8.10. The van der Waals surface area contributed by atoms with E-state index in [4.69, 9.17) is 11.6 Å². The van der Waals surface area contributed by atoms with Gasteiger partial charge < -0.3 is 14.7 Å². The Morgan fingerprint density at radius 2 is 1.82 bits per heavy atom. The van der Waals surface area contributed by atoms with Crippen molar-refractivity contribution in [3.05, 3.63) is 45.5 Å². The first-order chi connectivity index (χ1) is 18.1. The van der Waals surface area contributed by atoms with E-state index in [1.807, 2.05) is 11.2 Å². The molecule has 4 heterocycles. The highest BCUT2D eigenvalue weighted by Gasteiger charge is 2.46. The summed E-state index contributed by atoms with van der Waals surface area (Å²) in [5, 5.41) is 6.01. The first-order valence-corrected chi connectivity index (χ1v) is 13.1. The molecule has 38 heavy (non-hydrogen) atoms. The molecule has 2 aromatic rings. The molecule has 204 valence electrons. The summed E-state index contributed by atoms with van der Waals surface area (Å²) in [4.78, 5) is 48.1. The second-order valence-corrected chi connectivity index (χ2v) is 10.5. The number of aromatic nitrogens is 3. The number of nitrogens with zero attached hydrogens (tertiary/aromatic N) is 5. The van der Waals surface area contributed by atoms with Crippen molar-refractivity contribution in [3.63, 3.8) is 0 Å². The van der Waals surface area contributed by atoms with Crippen molar-refractivity contribution in [2.24, 2.45) is 11.8 Å². The van der Waals surface area contributed by atoms with Crippen molar-refractivity contribution in [1.82, 2.24) is 20.1 Å². The van der Waals surface area contributed by atoms with Crippen LogP contribution >= 0.6 is 11.6 Å². The van der Waals surface area contributed by atoms with Gasteiger partial charge in [-0.1, -0.05) is 11.6 Å². The third-order valence-electron chi connectivity index (χ3n) is 7.88. The molecule has 1 N–H and O–H groups in total. The Balaban J connectivity index is 1.21. The van der Waals surface area contributed by atoms with Crippen LogP contribution in [0.2, 0.25) is 5.02 Å². The molecule has 5 rings (SSSR count). The highest BCUT2D eigenvalue weighted by Crippen LogP contribution is 2.42. The molecule has 13 heteroatoms. The van der Waals surface area contributed by atoms with Crippen LogP contribution in [0.1, 0.15) is 37.7 Å². The molecule has 0 aromatic carbocycles. The monoisotopic (exact) mass is 552 g/mol. The summed E-state index contributed by atoms with van der Waals surface area (Å²) < 4.78 is 41.0. The number of anilines is 2. The largest absolute Gasteiger partial charge is 0.423 e. The minimum absolute atomic E-state index is 0.0781.